The molecule has 0 aromatic heterocycles. The number of nitrogens with one attached hydrogen (secondary N) is 2. The highest BCUT2D eigenvalue weighted by Gasteiger charge is 2.32. The predicted molar refractivity (Wildman–Crippen MR) is 146 cm³/mol. The zero-order chi connectivity index (χ0) is 25.5. The Morgan fingerprint density at radius 2 is 1.75 bits per heavy atom. The Morgan fingerprint density at radius 1 is 1.03 bits per heavy atom. The highest BCUT2D eigenvalue weighted by molar-refractivity contribution is 9.10. The number of benzene rings is 3. The van der Waals surface area contributed by atoms with Gasteiger partial charge in [0.05, 0.1) is 13.7 Å². The highest BCUT2D eigenvalue weighted by Crippen LogP contribution is 2.30. The van der Waals surface area contributed by atoms with Crippen molar-refractivity contribution in [1.82, 2.24) is 15.5 Å². The van der Waals surface area contributed by atoms with Crippen molar-refractivity contribution in [2.75, 3.05) is 26.7 Å². The molecule has 0 unspecified atom stereocenters. The topological polar surface area (TPSA) is 70.7 Å². The molecule has 4 rings (SSSR count). The molecule has 1 aliphatic heterocycles. The molecule has 2 N–H and O–H groups in total. The number of methoxy groups -OCH3 is 1. The summed E-state index contributed by atoms with van der Waals surface area (Å²) in [4.78, 5) is 25.8. The normalized spacial score (nSPS) is 17.5. The number of carbonyl (C=O) groups excluding carboxylic acids is 2. The molecule has 6 nitrogen and oxygen atoms in total. The minimum absolute atomic E-state index is 0.0367. The van der Waals surface area contributed by atoms with Gasteiger partial charge in [0.25, 0.3) is 0 Å². The van der Waals surface area contributed by atoms with E-state index in [1.165, 1.54) is 12.5 Å². The van der Waals surface area contributed by atoms with Crippen molar-refractivity contribution in [2.24, 2.45) is 0 Å². The van der Waals surface area contributed by atoms with Crippen molar-refractivity contribution < 1.29 is 14.3 Å². The smallest absolute Gasteiger partial charge is 0.241 e. The molecule has 1 aliphatic rings. The minimum atomic E-state index is -0.196. The van der Waals surface area contributed by atoms with E-state index >= 15 is 0 Å². The van der Waals surface area contributed by atoms with Gasteiger partial charge < -0.3 is 20.3 Å². The number of amides is 2. The fraction of sp³-hybridized carbons (Fsp3) is 0.310. The van der Waals surface area contributed by atoms with Crippen molar-refractivity contribution in [3.63, 3.8) is 0 Å². The van der Waals surface area contributed by atoms with Gasteiger partial charge in [-0.15, -0.1) is 0 Å². The number of carbonyl (C=O) groups is 2. The van der Waals surface area contributed by atoms with Crippen LogP contribution in [-0.4, -0.2) is 49.5 Å². The third-order valence-corrected chi connectivity index (χ3v) is 7.22. The molecule has 2 atom stereocenters. The third-order valence-electron chi connectivity index (χ3n) is 6.69. The minimum Gasteiger partial charge on any atom is -0.496 e. The number of likely N-dealkylation sites (tertiary alicyclic amines) is 1. The number of nitrogens with zero attached hydrogens (tertiary/aromatic N) is 1. The first kappa shape index (κ1) is 25.9. The van der Waals surface area contributed by atoms with Crippen molar-refractivity contribution in [2.45, 2.75) is 31.8 Å². The van der Waals surface area contributed by atoms with Gasteiger partial charge in [0, 0.05) is 48.6 Å². The first-order valence-corrected chi connectivity index (χ1v) is 13.0. The van der Waals surface area contributed by atoms with Crippen LogP contribution in [0.5, 0.6) is 5.75 Å². The number of hydrogen-bond acceptors (Lipinski definition) is 4. The molecule has 0 saturated carbocycles. The van der Waals surface area contributed by atoms with Crippen LogP contribution in [0.2, 0.25) is 0 Å². The summed E-state index contributed by atoms with van der Waals surface area (Å²) >= 11 is 3.50. The molecule has 1 fully saturated rings. The molecule has 0 bridgehead atoms. The molecule has 188 valence electrons. The molecule has 1 heterocycles. The van der Waals surface area contributed by atoms with Gasteiger partial charge in [0.1, 0.15) is 5.75 Å². The van der Waals surface area contributed by atoms with Crippen LogP contribution < -0.4 is 15.4 Å². The van der Waals surface area contributed by atoms with E-state index < -0.39 is 0 Å². The van der Waals surface area contributed by atoms with Crippen LogP contribution in [0.25, 0.3) is 11.1 Å². The summed E-state index contributed by atoms with van der Waals surface area (Å²) in [5.41, 5.74) is 4.57. The summed E-state index contributed by atoms with van der Waals surface area (Å²) in [7, 11) is 1.70. The fourth-order valence-electron chi connectivity index (χ4n) is 4.75. The number of hydrogen-bond donors (Lipinski definition) is 2. The second-order valence-corrected chi connectivity index (χ2v) is 9.99. The van der Waals surface area contributed by atoms with Crippen LogP contribution in [0.3, 0.4) is 0 Å². The van der Waals surface area contributed by atoms with E-state index in [4.69, 9.17) is 4.74 Å². The van der Waals surface area contributed by atoms with E-state index in [2.05, 4.69) is 63.0 Å². The molecule has 3 aromatic carbocycles. The number of ether oxygens (including phenoxy) is 1. The monoisotopic (exact) mass is 549 g/mol. The third kappa shape index (κ3) is 6.53. The second-order valence-electron chi connectivity index (χ2n) is 9.08. The van der Waals surface area contributed by atoms with Crippen molar-refractivity contribution in [1.29, 1.82) is 0 Å². The first-order valence-electron chi connectivity index (χ1n) is 12.2. The van der Waals surface area contributed by atoms with Crippen LogP contribution in [0.4, 0.5) is 0 Å². The lowest BCUT2D eigenvalue weighted by molar-refractivity contribution is -0.133. The van der Waals surface area contributed by atoms with E-state index in [1.807, 2.05) is 41.3 Å². The molecule has 2 amide bonds. The number of halogens is 1. The Hall–Kier alpha value is -3.16. The van der Waals surface area contributed by atoms with Crippen LogP contribution in [-0.2, 0) is 16.1 Å². The molecule has 0 aliphatic carbocycles. The molecular weight excluding hydrogens is 518 g/mol. The van der Waals surface area contributed by atoms with Gasteiger partial charge in [-0.2, -0.15) is 0 Å². The Balaban J connectivity index is 1.51. The number of rotatable bonds is 8. The Morgan fingerprint density at radius 3 is 2.44 bits per heavy atom. The quantitative estimate of drug-likeness (QED) is 0.426. The zero-order valence-corrected chi connectivity index (χ0v) is 22.3. The maximum atomic E-state index is 12.7. The van der Waals surface area contributed by atoms with Crippen LogP contribution >= 0.6 is 15.9 Å². The zero-order valence-electron chi connectivity index (χ0n) is 20.7. The van der Waals surface area contributed by atoms with E-state index in [0.717, 1.165) is 33.3 Å². The molecule has 7 heteroatoms. The van der Waals surface area contributed by atoms with Crippen LogP contribution in [0.15, 0.2) is 77.3 Å². The SMILES string of the molecule is COc1ccc(-c2ccc(Br)cc2)cc1CN[C@H]1CCN(C(=O)CNC(C)=O)C[C@H]1c1ccccc1. The highest BCUT2D eigenvalue weighted by atomic mass is 79.9. The fourth-order valence-corrected chi connectivity index (χ4v) is 5.02. The summed E-state index contributed by atoms with van der Waals surface area (Å²) in [5.74, 6) is 0.747. The Kier molecular flexibility index (Phi) is 8.78. The lowest BCUT2D eigenvalue weighted by Crippen LogP contribution is -2.51. The average Bonchev–Trinajstić information content (AvgIpc) is 2.91. The Labute approximate surface area is 221 Å². The van der Waals surface area contributed by atoms with Gasteiger partial charge in [0.2, 0.25) is 11.8 Å². The second kappa shape index (κ2) is 12.2. The van der Waals surface area contributed by atoms with Crippen LogP contribution in [0.1, 0.15) is 30.4 Å². The van der Waals surface area contributed by atoms with Gasteiger partial charge in [-0.1, -0.05) is 64.5 Å². The summed E-state index contributed by atoms with van der Waals surface area (Å²) in [5, 5.41) is 6.39. The van der Waals surface area contributed by atoms with E-state index in [9.17, 15) is 9.59 Å². The van der Waals surface area contributed by atoms with E-state index in [1.54, 1.807) is 7.11 Å². The molecular formula is C29H32BrN3O3. The van der Waals surface area contributed by atoms with Gasteiger partial charge in [0.15, 0.2) is 0 Å². The lowest BCUT2D eigenvalue weighted by atomic mass is 9.85. The molecule has 1 saturated heterocycles. The van der Waals surface area contributed by atoms with Crippen molar-refractivity contribution >= 4 is 27.7 Å². The number of piperidine rings is 1. The standard InChI is InChI=1S/C29H32BrN3O3/c1-20(34)31-18-29(35)33-15-14-27(26(19-33)22-6-4-3-5-7-22)32-17-24-16-23(10-13-28(24)36-2)21-8-11-25(30)12-9-21/h3-13,16,26-27,32H,14-15,17-19H2,1-2H3,(H,31,34)/t26-,27-/m0/s1. The first-order chi connectivity index (χ1) is 17.4. The molecule has 3 aromatic rings. The summed E-state index contributed by atoms with van der Waals surface area (Å²) in [6.45, 7) is 3.37. The van der Waals surface area contributed by atoms with Gasteiger partial charge >= 0.3 is 0 Å². The van der Waals surface area contributed by atoms with Crippen molar-refractivity contribution in [3.8, 4) is 16.9 Å². The van der Waals surface area contributed by atoms with Gasteiger partial charge in [-0.3, -0.25) is 9.59 Å². The van der Waals surface area contributed by atoms with E-state index in [-0.39, 0.29) is 30.3 Å². The van der Waals surface area contributed by atoms with E-state index in [0.29, 0.717) is 19.6 Å². The lowest BCUT2D eigenvalue weighted by Gasteiger charge is -2.39. The van der Waals surface area contributed by atoms with Gasteiger partial charge in [-0.25, -0.2) is 0 Å². The summed E-state index contributed by atoms with van der Waals surface area (Å²) < 4.78 is 6.72. The molecule has 36 heavy (non-hydrogen) atoms. The summed E-state index contributed by atoms with van der Waals surface area (Å²) in [6, 6.07) is 25.1. The molecule has 0 radical (unpaired) electrons. The molecule has 0 spiro atoms. The van der Waals surface area contributed by atoms with Crippen LogP contribution in [0, 0.1) is 0 Å². The largest absolute Gasteiger partial charge is 0.496 e. The van der Waals surface area contributed by atoms with Gasteiger partial charge in [-0.05, 0) is 47.4 Å². The predicted octanol–water partition coefficient (Wildman–Crippen LogP) is 4.74. The Bertz CT molecular complexity index is 1180. The van der Waals surface area contributed by atoms with Crippen molar-refractivity contribution in [3.05, 3.63) is 88.4 Å². The maximum Gasteiger partial charge on any atom is 0.241 e. The summed E-state index contributed by atoms with van der Waals surface area (Å²) in [6.07, 6.45) is 0.820. The maximum absolute atomic E-state index is 12.7. The average molecular weight is 550 g/mol.